The lowest BCUT2D eigenvalue weighted by atomic mass is 9.99. The maximum Gasteiger partial charge on any atom is 0.252 e. The number of aromatic amines is 1. The van der Waals surface area contributed by atoms with Crippen LogP contribution in [0.2, 0.25) is 4.34 Å². The molecule has 3 rings (SSSR count). The Bertz CT molecular complexity index is 681. The van der Waals surface area contributed by atoms with Gasteiger partial charge in [-0.05, 0) is 25.0 Å². The average molecular weight is 332 g/mol. The van der Waals surface area contributed by atoms with Gasteiger partial charge in [-0.1, -0.05) is 11.6 Å². The third-order valence-corrected chi connectivity index (χ3v) is 7.00. The van der Waals surface area contributed by atoms with Crippen molar-refractivity contribution in [2.75, 3.05) is 13.1 Å². The molecule has 108 valence electrons. The molecule has 0 aliphatic carbocycles. The molecule has 1 aliphatic heterocycles. The molecule has 0 bridgehead atoms. The summed E-state index contributed by atoms with van der Waals surface area (Å²) in [6.45, 7) is 1.01. The summed E-state index contributed by atoms with van der Waals surface area (Å²) in [6.07, 6.45) is 5.25. The van der Waals surface area contributed by atoms with Gasteiger partial charge >= 0.3 is 0 Å². The Morgan fingerprint density at radius 2 is 2.30 bits per heavy atom. The fraction of sp³-hybridized carbons (Fsp3) is 0.417. The van der Waals surface area contributed by atoms with E-state index in [2.05, 4.69) is 9.97 Å². The number of hydrogen-bond donors (Lipinski definition) is 1. The molecular weight excluding hydrogens is 318 g/mol. The molecular formula is C12H14ClN3O2S2. The second-order valence-electron chi connectivity index (χ2n) is 4.74. The van der Waals surface area contributed by atoms with Gasteiger partial charge in [0.05, 0.1) is 4.34 Å². The summed E-state index contributed by atoms with van der Waals surface area (Å²) in [5.41, 5.74) is 0. The van der Waals surface area contributed by atoms with Crippen LogP contribution in [0.1, 0.15) is 24.6 Å². The SMILES string of the molecule is O=S(=O)(c1ccc(Cl)s1)N1CCC[C@H](c2ncc[nH]2)C1. The third kappa shape index (κ3) is 2.63. The van der Waals surface area contributed by atoms with E-state index in [0.717, 1.165) is 30.0 Å². The van der Waals surface area contributed by atoms with Crippen LogP contribution in [0.15, 0.2) is 28.7 Å². The van der Waals surface area contributed by atoms with Gasteiger partial charge in [0.15, 0.2) is 0 Å². The molecule has 3 heterocycles. The lowest BCUT2D eigenvalue weighted by molar-refractivity contribution is 0.310. The zero-order valence-corrected chi connectivity index (χ0v) is 13.0. The van der Waals surface area contributed by atoms with Crippen molar-refractivity contribution in [3.63, 3.8) is 0 Å². The molecule has 1 N–H and O–H groups in total. The van der Waals surface area contributed by atoms with E-state index in [4.69, 9.17) is 11.6 Å². The fourth-order valence-electron chi connectivity index (χ4n) is 2.45. The summed E-state index contributed by atoms with van der Waals surface area (Å²) in [6, 6.07) is 3.19. The molecule has 1 aliphatic rings. The highest BCUT2D eigenvalue weighted by Crippen LogP contribution is 2.32. The maximum absolute atomic E-state index is 12.6. The van der Waals surface area contributed by atoms with Crippen LogP contribution in [-0.4, -0.2) is 35.8 Å². The number of nitrogens with zero attached hydrogens (tertiary/aromatic N) is 2. The average Bonchev–Trinajstić information content (AvgIpc) is 3.10. The Kier molecular flexibility index (Phi) is 3.85. The van der Waals surface area contributed by atoms with Crippen molar-refractivity contribution in [1.29, 1.82) is 0 Å². The van der Waals surface area contributed by atoms with E-state index in [1.807, 2.05) is 0 Å². The summed E-state index contributed by atoms with van der Waals surface area (Å²) in [4.78, 5) is 7.31. The molecule has 0 amide bonds. The van der Waals surface area contributed by atoms with Gasteiger partial charge in [-0.2, -0.15) is 4.31 Å². The largest absolute Gasteiger partial charge is 0.348 e. The number of hydrogen-bond acceptors (Lipinski definition) is 4. The first-order valence-electron chi connectivity index (χ1n) is 6.32. The van der Waals surface area contributed by atoms with E-state index in [0.29, 0.717) is 21.6 Å². The maximum atomic E-state index is 12.6. The van der Waals surface area contributed by atoms with Gasteiger partial charge in [-0.25, -0.2) is 13.4 Å². The molecule has 1 saturated heterocycles. The normalized spacial score (nSPS) is 21.1. The molecule has 20 heavy (non-hydrogen) atoms. The second kappa shape index (κ2) is 5.48. The molecule has 8 heteroatoms. The number of halogens is 1. The highest BCUT2D eigenvalue weighted by atomic mass is 35.5. The van der Waals surface area contributed by atoms with E-state index < -0.39 is 10.0 Å². The number of nitrogens with one attached hydrogen (secondary N) is 1. The molecule has 0 radical (unpaired) electrons. The van der Waals surface area contributed by atoms with Crippen molar-refractivity contribution in [2.45, 2.75) is 23.0 Å². The molecule has 0 saturated carbocycles. The first-order chi connectivity index (χ1) is 9.57. The summed E-state index contributed by atoms with van der Waals surface area (Å²) in [5.74, 6) is 0.984. The summed E-state index contributed by atoms with van der Waals surface area (Å²) >= 11 is 6.94. The molecule has 0 unspecified atom stereocenters. The van der Waals surface area contributed by atoms with E-state index >= 15 is 0 Å². The summed E-state index contributed by atoms with van der Waals surface area (Å²) in [5, 5.41) is 0. The molecule has 2 aromatic rings. The number of sulfonamides is 1. The van der Waals surface area contributed by atoms with Gasteiger partial charge in [0.25, 0.3) is 10.0 Å². The van der Waals surface area contributed by atoms with Crippen LogP contribution in [0.5, 0.6) is 0 Å². The highest BCUT2D eigenvalue weighted by Gasteiger charge is 2.32. The zero-order valence-electron chi connectivity index (χ0n) is 10.6. The predicted molar refractivity (Wildman–Crippen MR) is 78.7 cm³/mol. The van der Waals surface area contributed by atoms with Crippen molar-refractivity contribution in [3.05, 3.63) is 34.7 Å². The van der Waals surface area contributed by atoms with Crippen molar-refractivity contribution >= 4 is 33.0 Å². The fourth-order valence-corrected chi connectivity index (χ4v) is 5.61. The Morgan fingerprint density at radius 3 is 2.95 bits per heavy atom. The van der Waals surface area contributed by atoms with Crippen LogP contribution in [0.3, 0.4) is 0 Å². The molecule has 0 spiro atoms. The lowest BCUT2D eigenvalue weighted by Crippen LogP contribution is -2.39. The van der Waals surface area contributed by atoms with Crippen molar-refractivity contribution in [1.82, 2.24) is 14.3 Å². The van der Waals surface area contributed by atoms with E-state index in [1.54, 1.807) is 24.5 Å². The topological polar surface area (TPSA) is 66.1 Å². The quantitative estimate of drug-likeness (QED) is 0.940. The van der Waals surface area contributed by atoms with Crippen LogP contribution in [0.25, 0.3) is 0 Å². The Hall–Kier alpha value is -0.890. The van der Waals surface area contributed by atoms with Crippen molar-refractivity contribution < 1.29 is 8.42 Å². The molecule has 1 fully saturated rings. The minimum atomic E-state index is -3.44. The standard InChI is InChI=1S/C12H14ClN3O2S2/c13-10-3-4-11(19-10)20(17,18)16-7-1-2-9(8-16)12-14-5-6-15-12/h3-6,9H,1-2,7-8H2,(H,14,15)/t9-/m0/s1. The lowest BCUT2D eigenvalue weighted by Gasteiger charge is -2.30. The van der Waals surface area contributed by atoms with E-state index in [9.17, 15) is 8.42 Å². The van der Waals surface area contributed by atoms with Gasteiger partial charge in [0, 0.05) is 31.4 Å². The van der Waals surface area contributed by atoms with Crippen molar-refractivity contribution in [2.24, 2.45) is 0 Å². The predicted octanol–water partition coefficient (Wildman–Crippen LogP) is 2.69. The second-order valence-corrected chi connectivity index (χ2v) is 8.62. The van der Waals surface area contributed by atoms with E-state index in [1.165, 1.54) is 4.31 Å². The minimum absolute atomic E-state index is 0.129. The van der Waals surface area contributed by atoms with Crippen LogP contribution < -0.4 is 0 Å². The zero-order chi connectivity index (χ0) is 14.2. The van der Waals surface area contributed by atoms with Crippen molar-refractivity contribution in [3.8, 4) is 0 Å². The van der Waals surface area contributed by atoms with Crippen LogP contribution >= 0.6 is 22.9 Å². The number of piperidine rings is 1. The minimum Gasteiger partial charge on any atom is -0.348 e. The summed E-state index contributed by atoms with van der Waals surface area (Å²) in [7, 11) is -3.44. The van der Waals surface area contributed by atoms with Crippen LogP contribution in [-0.2, 0) is 10.0 Å². The first-order valence-corrected chi connectivity index (χ1v) is 8.95. The molecule has 1 atom stereocenters. The molecule has 5 nitrogen and oxygen atoms in total. The highest BCUT2D eigenvalue weighted by molar-refractivity contribution is 7.91. The number of H-pyrrole nitrogens is 1. The number of imidazole rings is 1. The van der Waals surface area contributed by atoms with Gasteiger partial charge in [-0.15, -0.1) is 11.3 Å². The van der Waals surface area contributed by atoms with E-state index in [-0.39, 0.29) is 5.92 Å². The molecule has 2 aromatic heterocycles. The monoisotopic (exact) mass is 331 g/mol. The number of rotatable bonds is 3. The van der Waals surface area contributed by atoms with Crippen LogP contribution in [0, 0.1) is 0 Å². The Balaban J connectivity index is 1.83. The van der Waals surface area contributed by atoms with Gasteiger partial charge < -0.3 is 4.98 Å². The van der Waals surface area contributed by atoms with Crippen LogP contribution in [0.4, 0.5) is 0 Å². The Labute approximate surface area is 126 Å². The van der Waals surface area contributed by atoms with Gasteiger partial charge in [0.1, 0.15) is 10.0 Å². The van der Waals surface area contributed by atoms with Gasteiger partial charge in [0.2, 0.25) is 0 Å². The summed E-state index contributed by atoms with van der Waals surface area (Å²) < 4.78 is 27.5. The number of aromatic nitrogens is 2. The smallest absolute Gasteiger partial charge is 0.252 e. The number of thiophene rings is 1. The molecule has 0 aromatic carbocycles. The Morgan fingerprint density at radius 1 is 1.45 bits per heavy atom. The third-order valence-electron chi connectivity index (χ3n) is 3.43. The first kappa shape index (κ1) is 14.1. The van der Waals surface area contributed by atoms with Gasteiger partial charge in [-0.3, -0.25) is 0 Å².